The van der Waals surface area contributed by atoms with Gasteiger partial charge in [-0.25, -0.2) is 9.97 Å². The molecule has 0 spiro atoms. The second-order valence-electron chi connectivity index (χ2n) is 3.44. The van der Waals surface area contributed by atoms with Gasteiger partial charge in [-0.3, -0.25) is 4.68 Å². The molecule has 0 fully saturated rings. The van der Waals surface area contributed by atoms with Crippen LogP contribution in [-0.2, 0) is 18.4 Å². The van der Waals surface area contributed by atoms with Crippen molar-refractivity contribution in [3.05, 3.63) is 17.2 Å². The SMILES string of the molecule is C#CCCOCc1nc(Cl)c2cnn(C)c2n1. The molecule has 0 aliphatic carbocycles. The first kappa shape index (κ1) is 11.8. The van der Waals surface area contributed by atoms with Crippen LogP contribution in [0.1, 0.15) is 12.2 Å². The van der Waals surface area contributed by atoms with E-state index in [-0.39, 0.29) is 0 Å². The molecule has 0 saturated heterocycles. The van der Waals surface area contributed by atoms with Gasteiger partial charge in [0, 0.05) is 13.5 Å². The summed E-state index contributed by atoms with van der Waals surface area (Å²) in [5.74, 6) is 3.02. The first-order valence-electron chi connectivity index (χ1n) is 5.07. The van der Waals surface area contributed by atoms with Crippen molar-refractivity contribution >= 4 is 22.6 Å². The summed E-state index contributed by atoms with van der Waals surface area (Å²) in [7, 11) is 1.80. The zero-order valence-corrected chi connectivity index (χ0v) is 10.1. The average Bonchev–Trinajstić information content (AvgIpc) is 2.68. The van der Waals surface area contributed by atoms with Gasteiger partial charge in [0.25, 0.3) is 0 Å². The molecular weight excluding hydrogens is 240 g/mol. The summed E-state index contributed by atoms with van der Waals surface area (Å²) in [5, 5.41) is 5.19. The standard InChI is InChI=1S/C11H11ClN4O/c1-3-4-5-17-7-9-14-10(12)8-6-13-16(2)11(8)15-9/h1,6H,4-5,7H2,2H3. The molecule has 0 aliphatic heterocycles. The van der Waals surface area contributed by atoms with Gasteiger partial charge in [-0.2, -0.15) is 5.10 Å². The Bertz CT molecular complexity index is 573. The Labute approximate surface area is 104 Å². The molecule has 0 radical (unpaired) electrons. The summed E-state index contributed by atoms with van der Waals surface area (Å²) in [5.41, 5.74) is 0.695. The summed E-state index contributed by atoms with van der Waals surface area (Å²) in [6.45, 7) is 0.781. The maximum atomic E-state index is 6.02. The van der Waals surface area contributed by atoms with Crippen LogP contribution in [0.5, 0.6) is 0 Å². The summed E-state index contributed by atoms with van der Waals surface area (Å²) in [6, 6.07) is 0. The smallest absolute Gasteiger partial charge is 0.162 e. The second-order valence-corrected chi connectivity index (χ2v) is 3.80. The third-order valence-corrected chi connectivity index (χ3v) is 2.50. The molecule has 2 aromatic heterocycles. The highest BCUT2D eigenvalue weighted by atomic mass is 35.5. The molecule has 0 aromatic carbocycles. The fourth-order valence-electron chi connectivity index (χ4n) is 1.39. The van der Waals surface area contributed by atoms with Crippen LogP contribution >= 0.6 is 11.6 Å². The van der Waals surface area contributed by atoms with Crippen molar-refractivity contribution in [2.75, 3.05) is 6.61 Å². The molecule has 2 aromatic rings. The third kappa shape index (κ3) is 2.54. The number of ether oxygens (including phenoxy) is 1. The van der Waals surface area contributed by atoms with Crippen molar-refractivity contribution in [3.8, 4) is 12.3 Å². The molecule has 17 heavy (non-hydrogen) atoms. The Hall–Kier alpha value is -1.64. The zero-order valence-electron chi connectivity index (χ0n) is 9.35. The zero-order chi connectivity index (χ0) is 12.3. The fraction of sp³-hybridized carbons (Fsp3) is 0.364. The Kier molecular flexibility index (Phi) is 3.57. The number of nitrogens with zero attached hydrogens (tertiary/aromatic N) is 4. The number of hydrogen-bond donors (Lipinski definition) is 0. The van der Waals surface area contributed by atoms with Gasteiger partial charge < -0.3 is 4.74 Å². The van der Waals surface area contributed by atoms with Gasteiger partial charge in [0.1, 0.15) is 11.8 Å². The minimum atomic E-state index is 0.294. The molecule has 0 N–H and O–H groups in total. The Morgan fingerprint density at radius 2 is 2.35 bits per heavy atom. The van der Waals surface area contributed by atoms with E-state index in [0.29, 0.717) is 36.3 Å². The molecule has 0 amide bonds. The molecule has 0 atom stereocenters. The Balaban J connectivity index is 2.18. The minimum absolute atomic E-state index is 0.294. The Morgan fingerprint density at radius 1 is 1.53 bits per heavy atom. The molecule has 6 heteroatoms. The van der Waals surface area contributed by atoms with E-state index >= 15 is 0 Å². The second kappa shape index (κ2) is 5.13. The van der Waals surface area contributed by atoms with Crippen molar-refractivity contribution in [3.63, 3.8) is 0 Å². The fourth-order valence-corrected chi connectivity index (χ4v) is 1.62. The summed E-state index contributed by atoms with van der Waals surface area (Å²) in [4.78, 5) is 8.46. The predicted octanol–water partition coefficient (Wildman–Crippen LogP) is 1.56. The maximum Gasteiger partial charge on any atom is 0.162 e. The van der Waals surface area contributed by atoms with E-state index in [1.165, 1.54) is 0 Å². The lowest BCUT2D eigenvalue weighted by Gasteiger charge is -2.03. The van der Waals surface area contributed by atoms with Crippen molar-refractivity contribution in [1.29, 1.82) is 0 Å². The predicted molar refractivity (Wildman–Crippen MR) is 64.4 cm³/mol. The molecular formula is C11H11ClN4O. The van der Waals surface area contributed by atoms with Crippen molar-refractivity contribution in [1.82, 2.24) is 19.7 Å². The summed E-state index contributed by atoms with van der Waals surface area (Å²) < 4.78 is 6.97. The summed E-state index contributed by atoms with van der Waals surface area (Å²) >= 11 is 6.02. The van der Waals surface area contributed by atoms with Gasteiger partial charge in [-0.1, -0.05) is 11.6 Å². The molecule has 0 saturated carbocycles. The highest BCUT2D eigenvalue weighted by molar-refractivity contribution is 6.33. The molecule has 2 rings (SSSR count). The van der Waals surface area contributed by atoms with Gasteiger partial charge in [0.2, 0.25) is 0 Å². The van der Waals surface area contributed by atoms with Crippen LogP contribution in [0.2, 0.25) is 5.15 Å². The third-order valence-electron chi connectivity index (χ3n) is 2.21. The first-order chi connectivity index (χ1) is 8.22. The van der Waals surface area contributed by atoms with Crippen molar-refractivity contribution in [2.24, 2.45) is 7.05 Å². The van der Waals surface area contributed by atoms with Crippen LogP contribution < -0.4 is 0 Å². The average molecular weight is 251 g/mol. The van der Waals surface area contributed by atoms with Crippen molar-refractivity contribution < 1.29 is 4.74 Å². The van der Waals surface area contributed by atoms with Crippen LogP contribution in [0.3, 0.4) is 0 Å². The quantitative estimate of drug-likeness (QED) is 0.469. The highest BCUT2D eigenvalue weighted by Gasteiger charge is 2.09. The largest absolute Gasteiger partial charge is 0.372 e. The van der Waals surface area contributed by atoms with E-state index in [2.05, 4.69) is 21.0 Å². The van der Waals surface area contributed by atoms with Gasteiger partial charge in [-0.15, -0.1) is 12.3 Å². The number of halogens is 1. The maximum absolute atomic E-state index is 6.02. The minimum Gasteiger partial charge on any atom is -0.372 e. The lowest BCUT2D eigenvalue weighted by Crippen LogP contribution is -2.02. The van der Waals surface area contributed by atoms with E-state index in [4.69, 9.17) is 22.8 Å². The van der Waals surface area contributed by atoms with Crippen molar-refractivity contribution in [2.45, 2.75) is 13.0 Å². The van der Waals surface area contributed by atoms with Gasteiger partial charge in [-0.05, 0) is 0 Å². The van der Waals surface area contributed by atoms with E-state index in [9.17, 15) is 0 Å². The summed E-state index contributed by atoms with van der Waals surface area (Å²) in [6.07, 6.45) is 7.33. The molecule has 0 unspecified atom stereocenters. The van der Waals surface area contributed by atoms with Gasteiger partial charge in [0.15, 0.2) is 11.5 Å². The number of hydrogen-bond acceptors (Lipinski definition) is 4. The number of aromatic nitrogens is 4. The topological polar surface area (TPSA) is 52.8 Å². The number of fused-ring (bicyclic) bond motifs is 1. The molecule has 0 bridgehead atoms. The van der Waals surface area contributed by atoms with Gasteiger partial charge >= 0.3 is 0 Å². The number of aryl methyl sites for hydroxylation is 1. The first-order valence-corrected chi connectivity index (χ1v) is 5.45. The molecule has 88 valence electrons. The van der Waals surface area contributed by atoms with Crippen LogP contribution in [-0.4, -0.2) is 26.4 Å². The molecule has 2 heterocycles. The van der Waals surface area contributed by atoms with Gasteiger partial charge in [0.05, 0.1) is 18.2 Å². The normalized spacial score (nSPS) is 10.6. The lowest BCUT2D eigenvalue weighted by atomic mass is 10.4. The highest BCUT2D eigenvalue weighted by Crippen LogP contribution is 2.19. The van der Waals surface area contributed by atoms with E-state index in [0.717, 1.165) is 5.39 Å². The van der Waals surface area contributed by atoms with E-state index in [1.54, 1.807) is 17.9 Å². The van der Waals surface area contributed by atoms with Crippen LogP contribution in [0.4, 0.5) is 0 Å². The Morgan fingerprint density at radius 3 is 3.12 bits per heavy atom. The monoisotopic (exact) mass is 250 g/mol. The number of terminal acetylenes is 1. The number of rotatable bonds is 4. The lowest BCUT2D eigenvalue weighted by molar-refractivity contribution is 0.121. The van der Waals surface area contributed by atoms with Crippen LogP contribution in [0.15, 0.2) is 6.20 Å². The van der Waals surface area contributed by atoms with Crippen LogP contribution in [0, 0.1) is 12.3 Å². The van der Waals surface area contributed by atoms with E-state index < -0.39 is 0 Å². The van der Waals surface area contributed by atoms with E-state index in [1.807, 2.05) is 0 Å². The van der Waals surface area contributed by atoms with Crippen LogP contribution in [0.25, 0.3) is 11.0 Å². The molecule has 5 nitrogen and oxygen atoms in total. The molecule has 0 aliphatic rings.